The molecule has 0 aromatic heterocycles. The van der Waals surface area contributed by atoms with Gasteiger partial charge < -0.3 is 15.4 Å². The quantitative estimate of drug-likeness (QED) is 0.895. The second kappa shape index (κ2) is 7.04. The molecular weight excluding hydrogens is 306 g/mol. The van der Waals surface area contributed by atoms with Crippen LogP contribution in [0.25, 0.3) is 0 Å². The largest absolute Gasteiger partial charge is 0.385 e. The van der Waals surface area contributed by atoms with E-state index in [-0.39, 0.29) is 12.1 Å². The fourth-order valence-corrected chi connectivity index (χ4v) is 2.94. The molecule has 0 saturated carbocycles. The van der Waals surface area contributed by atoms with Crippen molar-refractivity contribution in [1.82, 2.24) is 4.90 Å². The van der Waals surface area contributed by atoms with Crippen LogP contribution in [0, 0.1) is 17.0 Å². The number of carbonyl (C=O) groups excluding carboxylic acids is 2. The molecule has 7 heteroatoms. The summed E-state index contributed by atoms with van der Waals surface area (Å²) in [5, 5.41) is 0. The van der Waals surface area contributed by atoms with Crippen LogP contribution in [0.1, 0.15) is 29.6 Å². The van der Waals surface area contributed by atoms with E-state index >= 15 is 0 Å². The van der Waals surface area contributed by atoms with Crippen molar-refractivity contribution in [2.45, 2.75) is 19.3 Å². The van der Waals surface area contributed by atoms with Crippen molar-refractivity contribution >= 4 is 11.8 Å². The summed E-state index contributed by atoms with van der Waals surface area (Å²) < 4.78 is 31.3. The Morgan fingerprint density at radius 3 is 2.70 bits per heavy atom. The minimum atomic E-state index is -1.08. The number of piperidine rings is 1. The first-order chi connectivity index (χ1) is 10.9. The summed E-state index contributed by atoms with van der Waals surface area (Å²) in [6, 6.07) is 3.02. The third-order valence-electron chi connectivity index (χ3n) is 4.34. The van der Waals surface area contributed by atoms with Gasteiger partial charge in [-0.15, -0.1) is 0 Å². The fraction of sp³-hybridized carbons (Fsp3) is 0.500. The zero-order valence-corrected chi connectivity index (χ0v) is 13.0. The van der Waals surface area contributed by atoms with Gasteiger partial charge in [0.05, 0.1) is 5.41 Å². The predicted molar refractivity (Wildman–Crippen MR) is 79.6 cm³/mol. The van der Waals surface area contributed by atoms with Crippen molar-refractivity contribution in [3.63, 3.8) is 0 Å². The van der Waals surface area contributed by atoms with Gasteiger partial charge in [0.15, 0.2) is 11.6 Å². The highest BCUT2D eigenvalue weighted by Gasteiger charge is 2.41. The summed E-state index contributed by atoms with van der Waals surface area (Å²) in [5.74, 6) is -3.00. The molecule has 1 aliphatic rings. The van der Waals surface area contributed by atoms with E-state index in [9.17, 15) is 18.4 Å². The minimum absolute atomic E-state index is 0.0518. The molecule has 1 aromatic rings. The summed E-state index contributed by atoms with van der Waals surface area (Å²) in [6.07, 6.45) is 1.61. The Hall–Kier alpha value is -2.02. The molecule has 1 aromatic carbocycles. The molecule has 0 spiro atoms. The zero-order valence-electron chi connectivity index (χ0n) is 13.0. The summed E-state index contributed by atoms with van der Waals surface area (Å²) in [5.41, 5.74) is 4.75. The number of amides is 2. The van der Waals surface area contributed by atoms with Gasteiger partial charge in [-0.1, -0.05) is 0 Å². The van der Waals surface area contributed by atoms with Gasteiger partial charge in [-0.25, -0.2) is 8.78 Å². The number of benzene rings is 1. The van der Waals surface area contributed by atoms with Gasteiger partial charge in [0.2, 0.25) is 5.91 Å². The molecule has 0 aliphatic carbocycles. The van der Waals surface area contributed by atoms with Crippen LogP contribution in [0.4, 0.5) is 8.78 Å². The van der Waals surface area contributed by atoms with E-state index in [1.54, 1.807) is 0 Å². The fourth-order valence-electron chi connectivity index (χ4n) is 2.94. The second-order valence-corrected chi connectivity index (χ2v) is 5.85. The first-order valence-corrected chi connectivity index (χ1v) is 7.43. The van der Waals surface area contributed by atoms with Crippen molar-refractivity contribution in [1.29, 1.82) is 0 Å². The Morgan fingerprint density at radius 2 is 2.09 bits per heavy atom. The summed E-state index contributed by atoms with van der Waals surface area (Å²) in [6.45, 7) is 0.958. The maximum atomic E-state index is 13.3. The lowest BCUT2D eigenvalue weighted by atomic mass is 9.76. The van der Waals surface area contributed by atoms with Gasteiger partial charge >= 0.3 is 0 Å². The average molecular weight is 326 g/mol. The molecule has 5 nitrogen and oxygen atoms in total. The number of rotatable bonds is 5. The molecule has 1 saturated heterocycles. The third-order valence-corrected chi connectivity index (χ3v) is 4.34. The molecule has 1 aliphatic heterocycles. The molecule has 126 valence electrons. The first-order valence-electron chi connectivity index (χ1n) is 7.43. The van der Waals surface area contributed by atoms with Gasteiger partial charge in [-0.05, 0) is 37.5 Å². The number of hydrogen-bond acceptors (Lipinski definition) is 3. The van der Waals surface area contributed by atoms with Crippen LogP contribution in [0.2, 0.25) is 0 Å². The highest BCUT2D eigenvalue weighted by molar-refractivity contribution is 5.95. The van der Waals surface area contributed by atoms with E-state index in [2.05, 4.69) is 0 Å². The van der Waals surface area contributed by atoms with Crippen molar-refractivity contribution in [2.24, 2.45) is 11.1 Å². The van der Waals surface area contributed by atoms with E-state index < -0.39 is 28.9 Å². The number of nitrogens with two attached hydrogens (primary N) is 1. The average Bonchev–Trinajstić information content (AvgIpc) is 2.55. The van der Waals surface area contributed by atoms with Crippen LogP contribution in [0.5, 0.6) is 0 Å². The second-order valence-electron chi connectivity index (χ2n) is 5.85. The lowest BCUT2D eigenvalue weighted by Crippen LogP contribution is -2.52. The molecule has 2 N–H and O–H groups in total. The Kier molecular flexibility index (Phi) is 5.30. The van der Waals surface area contributed by atoms with Crippen molar-refractivity contribution in [3.05, 3.63) is 35.4 Å². The maximum Gasteiger partial charge on any atom is 0.253 e. The normalized spacial score (nSPS) is 21.3. The Bertz CT molecular complexity index is 609. The molecular formula is C16H20F2N2O3. The topological polar surface area (TPSA) is 72.6 Å². The predicted octanol–water partition coefficient (Wildman–Crippen LogP) is 1.71. The third kappa shape index (κ3) is 3.67. The van der Waals surface area contributed by atoms with Crippen LogP contribution >= 0.6 is 0 Å². The van der Waals surface area contributed by atoms with Crippen LogP contribution in [-0.2, 0) is 9.53 Å². The molecule has 1 atom stereocenters. The molecule has 2 rings (SSSR count). The molecule has 0 radical (unpaired) electrons. The number of carbonyl (C=O) groups is 2. The van der Waals surface area contributed by atoms with Gasteiger partial charge in [0, 0.05) is 32.4 Å². The lowest BCUT2D eigenvalue weighted by molar-refractivity contribution is -0.131. The lowest BCUT2D eigenvalue weighted by Gasteiger charge is -2.40. The molecule has 2 amide bonds. The molecule has 1 unspecified atom stereocenters. The number of primary amides is 1. The number of nitrogens with zero attached hydrogens (tertiary/aromatic N) is 1. The highest BCUT2D eigenvalue weighted by atomic mass is 19.2. The molecule has 1 heterocycles. The van der Waals surface area contributed by atoms with E-state index in [1.165, 1.54) is 18.1 Å². The standard InChI is InChI=1S/C16H20F2N2O3/c1-23-8-6-16(15(19)22)5-2-7-20(10-16)14(21)11-3-4-12(17)13(18)9-11/h3-4,9H,2,5-8,10H2,1H3,(H2,19,22). The highest BCUT2D eigenvalue weighted by Crippen LogP contribution is 2.34. The number of likely N-dealkylation sites (tertiary alicyclic amines) is 1. The summed E-state index contributed by atoms with van der Waals surface area (Å²) in [4.78, 5) is 25.9. The van der Waals surface area contributed by atoms with Crippen LogP contribution in [0.15, 0.2) is 18.2 Å². The van der Waals surface area contributed by atoms with Gasteiger partial charge in [0.1, 0.15) is 0 Å². The number of hydrogen-bond donors (Lipinski definition) is 1. The SMILES string of the molecule is COCCC1(C(N)=O)CCCN(C(=O)c2ccc(F)c(F)c2)C1. The minimum Gasteiger partial charge on any atom is -0.385 e. The van der Waals surface area contributed by atoms with E-state index in [4.69, 9.17) is 10.5 Å². The van der Waals surface area contributed by atoms with Crippen molar-refractivity contribution in [3.8, 4) is 0 Å². The van der Waals surface area contributed by atoms with Crippen molar-refractivity contribution < 1.29 is 23.1 Å². The first kappa shape index (κ1) is 17.3. The number of halogens is 2. The van der Waals surface area contributed by atoms with E-state index in [0.29, 0.717) is 32.4 Å². The summed E-state index contributed by atoms with van der Waals surface area (Å²) in [7, 11) is 1.53. The van der Waals surface area contributed by atoms with Crippen molar-refractivity contribution in [2.75, 3.05) is 26.8 Å². The Morgan fingerprint density at radius 1 is 1.35 bits per heavy atom. The molecule has 23 heavy (non-hydrogen) atoms. The number of ether oxygens (including phenoxy) is 1. The molecule has 0 bridgehead atoms. The van der Waals surface area contributed by atoms with Gasteiger partial charge in [-0.2, -0.15) is 0 Å². The van der Waals surface area contributed by atoms with Gasteiger partial charge in [-0.3, -0.25) is 9.59 Å². The summed E-state index contributed by atoms with van der Waals surface area (Å²) >= 11 is 0. The number of methoxy groups -OCH3 is 1. The maximum absolute atomic E-state index is 13.3. The Balaban J connectivity index is 2.20. The van der Waals surface area contributed by atoms with Crippen LogP contribution in [0.3, 0.4) is 0 Å². The molecule has 1 fully saturated rings. The van der Waals surface area contributed by atoms with Crippen LogP contribution in [-0.4, -0.2) is 43.5 Å². The van der Waals surface area contributed by atoms with Gasteiger partial charge in [0.25, 0.3) is 5.91 Å². The van der Waals surface area contributed by atoms with E-state index in [0.717, 1.165) is 12.1 Å². The zero-order chi connectivity index (χ0) is 17.0. The monoisotopic (exact) mass is 326 g/mol. The van der Waals surface area contributed by atoms with E-state index in [1.807, 2.05) is 0 Å². The smallest absolute Gasteiger partial charge is 0.253 e. The van der Waals surface area contributed by atoms with Crippen LogP contribution < -0.4 is 5.73 Å². The Labute approximate surface area is 133 Å².